The van der Waals surface area contributed by atoms with Gasteiger partial charge < -0.3 is 10.1 Å². The molecule has 1 rings (SSSR count). The topological polar surface area (TPSA) is 38.3 Å². The number of halogens is 2. The largest absolute Gasteiger partial charge is 0.494 e. The number of hydrogen-bond donors (Lipinski definition) is 1. The number of methoxy groups -OCH3 is 1. The second-order valence-electron chi connectivity index (χ2n) is 4.65. The average Bonchev–Trinajstić information content (AvgIpc) is 2.45. The Kier molecular flexibility index (Phi) is 6.79. The molecular formula is C15H21ClFNO2. The van der Waals surface area contributed by atoms with Gasteiger partial charge in [-0.05, 0) is 24.1 Å². The molecule has 0 saturated carbocycles. The molecule has 0 fully saturated rings. The highest BCUT2D eigenvalue weighted by molar-refractivity contribution is 6.21. The van der Waals surface area contributed by atoms with Crippen LogP contribution < -0.4 is 10.1 Å². The van der Waals surface area contributed by atoms with Gasteiger partial charge in [0.05, 0.1) is 12.5 Å². The lowest BCUT2D eigenvalue weighted by atomic mass is 9.99. The van der Waals surface area contributed by atoms with Crippen LogP contribution >= 0.6 is 11.6 Å². The summed E-state index contributed by atoms with van der Waals surface area (Å²) in [6.07, 6.45) is 1.94. The SMILES string of the molecule is CCC(CC)C(Cl)CNC(=O)c1ccc(OC)c(F)c1. The van der Waals surface area contributed by atoms with Crippen molar-refractivity contribution in [2.24, 2.45) is 5.92 Å². The number of carbonyl (C=O) groups is 1. The van der Waals surface area contributed by atoms with Gasteiger partial charge in [0.15, 0.2) is 11.6 Å². The minimum absolute atomic E-state index is 0.114. The molecular weight excluding hydrogens is 281 g/mol. The molecule has 0 saturated heterocycles. The quantitative estimate of drug-likeness (QED) is 0.781. The minimum Gasteiger partial charge on any atom is -0.494 e. The molecule has 0 spiro atoms. The minimum atomic E-state index is -0.553. The fourth-order valence-corrected chi connectivity index (χ4v) is 2.50. The molecule has 3 nitrogen and oxygen atoms in total. The average molecular weight is 302 g/mol. The number of alkyl halides is 1. The third-order valence-electron chi connectivity index (χ3n) is 3.43. The Morgan fingerprint density at radius 3 is 2.55 bits per heavy atom. The van der Waals surface area contributed by atoms with E-state index in [4.69, 9.17) is 16.3 Å². The lowest BCUT2D eigenvalue weighted by Gasteiger charge is -2.19. The van der Waals surface area contributed by atoms with Crippen LogP contribution in [-0.4, -0.2) is 24.9 Å². The summed E-state index contributed by atoms with van der Waals surface area (Å²) in [5, 5.41) is 2.62. The fraction of sp³-hybridized carbons (Fsp3) is 0.533. The van der Waals surface area contributed by atoms with Gasteiger partial charge in [-0.1, -0.05) is 26.7 Å². The maximum atomic E-state index is 13.5. The van der Waals surface area contributed by atoms with Crippen LogP contribution in [0, 0.1) is 11.7 Å². The van der Waals surface area contributed by atoms with Gasteiger partial charge in [0, 0.05) is 12.1 Å². The Labute approximate surface area is 124 Å². The normalized spacial score (nSPS) is 12.3. The third kappa shape index (κ3) is 4.37. The molecule has 0 bridgehead atoms. The number of rotatable bonds is 7. The van der Waals surface area contributed by atoms with Gasteiger partial charge in [-0.25, -0.2) is 4.39 Å². The smallest absolute Gasteiger partial charge is 0.251 e. The van der Waals surface area contributed by atoms with E-state index in [1.54, 1.807) is 0 Å². The fourth-order valence-electron chi connectivity index (χ4n) is 2.07. The molecule has 0 aromatic heterocycles. The van der Waals surface area contributed by atoms with Crippen LogP contribution in [-0.2, 0) is 0 Å². The molecule has 1 N–H and O–H groups in total. The lowest BCUT2D eigenvalue weighted by Crippen LogP contribution is -2.33. The monoisotopic (exact) mass is 301 g/mol. The van der Waals surface area contributed by atoms with Crippen LogP contribution in [0.15, 0.2) is 18.2 Å². The predicted molar refractivity (Wildman–Crippen MR) is 79.0 cm³/mol. The predicted octanol–water partition coefficient (Wildman–Crippen LogP) is 3.61. The van der Waals surface area contributed by atoms with Gasteiger partial charge in [-0.2, -0.15) is 0 Å². The van der Waals surface area contributed by atoms with Crippen LogP contribution in [0.2, 0.25) is 0 Å². The Morgan fingerprint density at radius 1 is 1.40 bits per heavy atom. The van der Waals surface area contributed by atoms with Crippen molar-refractivity contribution in [1.82, 2.24) is 5.32 Å². The molecule has 112 valence electrons. The van der Waals surface area contributed by atoms with Crippen molar-refractivity contribution in [2.45, 2.75) is 32.1 Å². The zero-order valence-corrected chi connectivity index (χ0v) is 12.8. The summed E-state index contributed by atoms with van der Waals surface area (Å²) in [4.78, 5) is 11.9. The maximum absolute atomic E-state index is 13.5. The number of nitrogens with one attached hydrogen (secondary N) is 1. The first-order valence-corrected chi connectivity index (χ1v) is 7.22. The number of benzene rings is 1. The van der Waals surface area contributed by atoms with Crippen LogP contribution in [0.25, 0.3) is 0 Å². The molecule has 5 heteroatoms. The van der Waals surface area contributed by atoms with Crippen molar-refractivity contribution < 1.29 is 13.9 Å². The Hall–Kier alpha value is -1.29. The lowest BCUT2D eigenvalue weighted by molar-refractivity contribution is 0.0951. The summed E-state index contributed by atoms with van der Waals surface area (Å²) < 4.78 is 18.3. The van der Waals surface area contributed by atoms with Crippen molar-refractivity contribution >= 4 is 17.5 Å². The maximum Gasteiger partial charge on any atom is 0.251 e. The van der Waals surface area contributed by atoms with Crippen LogP contribution in [0.1, 0.15) is 37.0 Å². The van der Waals surface area contributed by atoms with Crippen molar-refractivity contribution in [3.05, 3.63) is 29.6 Å². The van der Waals surface area contributed by atoms with Crippen LogP contribution in [0.5, 0.6) is 5.75 Å². The molecule has 0 heterocycles. The van der Waals surface area contributed by atoms with E-state index in [-0.39, 0.29) is 22.6 Å². The summed E-state index contributed by atoms with van der Waals surface area (Å²) in [7, 11) is 1.38. The van der Waals surface area contributed by atoms with Crippen molar-refractivity contribution in [1.29, 1.82) is 0 Å². The van der Waals surface area contributed by atoms with E-state index in [9.17, 15) is 9.18 Å². The Balaban J connectivity index is 2.61. The summed E-state index contributed by atoms with van der Waals surface area (Å²) in [5.41, 5.74) is 0.261. The van der Waals surface area contributed by atoms with Gasteiger partial charge in [0.1, 0.15) is 0 Å². The highest BCUT2D eigenvalue weighted by Gasteiger charge is 2.17. The molecule has 1 aromatic carbocycles. The molecule has 1 aromatic rings. The molecule has 1 atom stereocenters. The Morgan fingerprint density at radius 2 is 2.05 bits per heavy atom. The second-order valence-corrected chi connectivity index (χ2v) is 5.21. The van der Waals surface area contributed by atoms with Gasteiger partial charge >= 0.3 is 0 Å². The van der Waals surface area contributed by atoms with Crippen molar-refractivity contribution in [3.63, 3.8) is 0 Å². The first-order valence-electron chi connectivity index (χ1n) is 6.79. The van der Waals surface area contributed by atoms with E-state index in [0.717, 1.165) is 18.9 Å². The Bertz CT molecular complexity index is 449. The molecule has 1 amide bonds. The van der Waals surface area contributed by atoms with Crippen molar-refractivity contribution in [2.75, 3.05) is 13.7 Å². The molecule has 0 aliphatic heterocycles. The number of amides is 1. The molecule has 0 aliphatic rings. The highest BCUT2D eigenvalue weighted by Crippen LogP contribution is 2.19. The summed E-state index contributed by atoms with van der Waals surface area (Å²) in [6, 6.07) is 4.12. The van der Waals surface area contributed by atoms with E-state index < -0.39 is 5.82 Å². The van der Waals surface area contributed by atoms with Gasteiger partial charge in [0.25, 0.3) is 5.91 Å². The molecule has 0 radical (unpaired) electrons. The molecule has 1 unspecified atom stereocenters. The van der Waals surface area contributed by atoms with Crippen molar-refractivity contribution in [3.8, 4) is 5.75 Å². The zero-order chi connectivity index (χ0) is 15.1. The van der Waals surface area contributed by atoms with E-state index in [1.807, 2.05) is 0 Å². The van der Waals surface area contributed by atoms with E-state index in [1.165, 1.54) is 19.2 Å². The summed E-state index contributed by atoms with van der Waals surface area (Å²) >= 11 is 6.25. The number of carbonyl (C=O) groups excluding carboxylic acids is 1. The highest BCUT2D eigenvalue weighted by atomic mass is 35.5. The standard InChI is InChI=1S/C15H21ClFNO2/c1-4-10(5-2)12(16)9-18-15(19)11-6-7-14(20-3)13(17)8-11/h6-8,10,12H,4-5,9H2,1-3H3,(H,18,19). The summed E-state index contributed by atoms with van der Waals surface area (Å²) in [5.74, 6) is -0.399. The second kappa shape index (κ2) is 8.10. The molecule has 0 aliphatic carbocycles. The van der Waals surface area contributed by atoms with E-state index in [0.29, 0.717) is 12.5 Å². The van der Waals surface area contributed by atoms with E-state index in [2.05, 4.69) is 19.2 Å². The number of ether oxygens (including phenoxy) is 1. The summed E-state index contributed by atoms with van der Waals surface area (Å²) in [6.45, 7) is 4.52. The van der Waals surface area contributed by atoms with E-state index >= 15 is 0 Å². The first kappa shape index (κ1) is 16.8. The molecule has 20 heavy (non-hydrogen) atoms. The van der Waals surface area contributed by atoms with Gasteiger partial charge in [-0.15, -0.1) is 11.6 Å². The first-order chi connectivity index (χ1) is 9.53. The van der Waals surface area contributed by atoms with Gasteiger partial charge in [0.2, 0.25) is 0 Å². The van der Waals surface area contributed by atoms with Crippen LogP contribution in [0.3, 0.4) is 0 Å². The van der Waals surface area contributed by atoms with Gasteiger partial charge in [-0.3, -0.25) is 4.79 Å². The van der Waals surface area contributed by atoms with Crippen LogP contribution in [0.4, 0.5) is 4.39 Å². The third-order valence-corrected chi connectivity index (χ3v) is 3.94. The number of hydrogen-bond acceptors (Lipinski definition) is 2. The zero-order valence-electron chi connectivity index (χ0n) is 12.1.